The molecule has 2 nitrogen and oxygen atoms in total. The van der Waals surface area contributed by atoms with E-state index in [0.29, 0.717) is 0 Å². The van der Waals surface area contributed by atoms with Crippen molar-refractivity contribution in [1.82, 2.24) is 5.01 Å². The predicted molar refractivity (Wildman–Crippen MR) is 46.8 cm³/mol. The Labute approximate surface area is 67.6 Å². The van der Waals surface area contributed by atoms with Crippen LogP contribution < -0.4 is 5.84 Å². The van der Waals surface area contributed by atoms with Crippen molar-refractivity contribution < 1.29 is 0 Å². The third kappa shape index (κ3) is 2.03. The first-order chi connectivity index (χ1) is 5.22. The van der Waals surface area contributed by atoms with Gasteiger partial charge in [-0.3, -0.25) is 5.84 Å². The fourth-order valence-corrected chi connectivity index (χ4v) is 0.967. The number of nitrogens with two attached hydrogens (primary N) is 1. The maximum absolute atomic E-state index is 5.60. The van der Waals surface area contributed by atoms with Gasteiger partial charge in [-0.1, -0.05) is 30.3 Å². The molecule has 0 amide bonds. The summed E-state index contributed by atoms with van der Waals surface area (Å²) in [7, 11) is 1.87. The molecule has 60 valence electrons. The molecule has 11 heavy (non-hydrogen) atoms. The lowest BCUT2D eigenvalue weighted by Gasteiger charge is -2.19. The van der Waals surface area contributed by atoms with Crippen molar-refractivity contribution in [2.75, 3.05) is 7.05 Å². The van der Waals surface area contributed by atoms with E-state index < -0.39 is 0 Å². The summed E-state index contributed by atoms with van der Waals surface area (Å²) in [6, 6.07) is 10.5. The van der Waals surface area contributed by atoms with Crippen LogP contribution in [-0.2, 0) is 0 Å². The highest BCUT2D eigenvalue weighted by Gasteiger charge is 2.05. The van der Waals surface area contributed by atoms with Crippen LogP contribution in [0, 0.1) is 0 Å². The van der Waals surface area contributed by atoms with Crippen LogP contribution in [0.1, 0.15) is 18.5 Å². The number of hydrogen-bond donors (Lipinski definition) is 1. The average Bonchev–Trinajstić information content (AvgIpc) is 2.05. The molecule has 0 fully saturated rings. The van der Waals surface area contributed by atoms with Crippen LogP contribution in [-0.4, -0.2) is 12.1 Å². The number of nitrogens with zero attached hydrogens (tertiary/aromatic N) is 1. The summed E-state index contributed by atoms with van der Waals surface area (Å²) in [5.74, 6) is 5.60. The fraction of sp³-hybridized carbons (Fsp3) is 0.333. The van der Waals surface area contributed by atoms with Gasteiger partial charge in [0.05, 0.1) is 0 Å². The first-order valence-electron chi connectivity index (χ1n) is 3.74. The van der Waals surface area contributed by atoms with E-state index in [-0.39, 0.29) is 6.04 Å². The maximum Gasteiger partial charge on any atom is 0.0459 e. The maximum atomic E-state index is 5.60. The lowest BCUT2D eigenvalue weighted by Crippen LogP contribution is -2.28. The Bertz CT molecular complexity index is 206. The summed E-state index contributed by atoms with van der Waals surface area (Å²) in [5, 5.41) is 1.70. The van der Waals surface area contributed by atoms with Gasteiger partial charge in [0.15, 0.2) is 0 Å². The Morgan fingerprint density at radius 1 is 1.27 bits per heavy atom. The molecule has 1 aromatic rings. The molecule has 0 unspecified atom stereocenters. The molecule has 1 rings (SSSR count). The minimum Gasteiger partial charge on any atom is -0.268 e. The minimum absolute atomic E-state index is 0.288. The zero-order chi connectivity index (χ0) is 8.27. The van der Waals surface area contributed by atoms with Crippen LogP contribution in [0.2, 0.25) is 0 Å². The van der Waals surface area contributed by atoms with E-state index in [9.17, 15) is 0 Å². The normalized spacial score (nSPS) is 13.5. The third-order valence-corrected chi connectivity index (χ3v) is 1.89. The molecular formula is C9H14N2. The van der Waals surface area contributed by atoms with Gasteiger partial charge in [0.1, 0.15) is 0 Å². The average molecular weight is 150 g/mol. The Kier molecular flexibility index (Phi) is 2.63. The van der Waals surface area contributed by atoms with Crippen LogP contribution in [0.5, 0.6) is 0 Å². The second kappa shape index (κ2) is 3.51. The van der Waals surface area contributed by atoms with Gasteiger partial charge in [0.2, 0.25) is 0 Å². The highest BCUT2D eigenvalue weighted by atomic mass is 15.4. The van der Waals surface area contributed by atoms with Crippen molar-refractivity contribution in [3.63, 3.8) is 0 Å². The van der Waals surface area contributed by atoms with Crippen LogP contribution >= 0.6 is 0 Å². The number of hydrogen-bond acceptors (Lipinski definition) is 2. The number of benzene rings is 1. The van der Waals surface area contributed by atoms with Gasteiger partial charge in [-0.25, -0.2) is 5.01 Å². The van der Waals surface area contributed by atoms with Crippen molar-refractivity contribution in [1.29, 1.82) is 0 Å². The molecule has 2 N–H and O–H groups in total. The molecule has 1 atom stereocenters. The van der Waals surface area contributed by atoms with E-state index in [1.165, 1.54) is 5.56 Å². The standard InChI is InChI=1S/C9H14N2/c1-8(11(2)10)9-6-4-3-5-7-9/h3-8H,10H2,1-2H3/t8-/m0/s1. The molecule has 0 aromatic heterocycles. The van der Waals surface area contributed by atoms with Crippen LogP contribution in [0.25, 0.3) is 0 Å². The second-order valence-corrected chi connectivity index (χ2v) is 2.75. The summed E-state index contributed by atoms with van der Waals surface area (Å²) in [4.78, 5) is 0. The van der Waals surface area contributed by atoms with Gasteiger partial charge >= 0.3 is 0 Å². The van der Waals surface area contributed by atoms with Crippen molar-refractivity contribution in [2.24, 2.45) is 5.84 Å². The second-order valence-electron chi connectivity index (χ2n) is 2.75. The van der Waals surface area contributed by atoms with E-state index >= 15 is 0 Å². The molecule has 1 aromatic carbocycles. The quantitative estimate of drug-likeness (QED) is 0.512. The van der Waals surface area contributed by atoms with E-state index in [0.717, 1.165) is 0 Å². The van der Waals surface area contributed by atoms with Crippen molar-refractivity contribution >= 4 is 0 Å². The summed E-state index contributed by atoms with van der Waals surface area (Å²) in [5.41, 5.74) is 1.25. The summed E-state index contributed by atoms with van der Waals surface area (Å²) in [6.07, 6.45) is 0. The van der Waals surface area contributed by atoms with Crippen LogP contribution in [0.15, 0.2) is 30.3 Å². The van der Waals surface area contributed by atoms with Gasteiger partial charge in [0.25, 0.3) is 0 Å². The van der Waals surface area contributed by atoms with E-state index in [1.807, 2.05) is 25.2 Å². The molecule has 0 spiro atoms. The highest BCUT2D eigenvalue weighted by molar-refractivity contribution is 5.17. The van der Waals surface area contributed by atoms with Gasteiger partial charge in [-0.15, -0.1) is 0 Å². The Morgan fingerprint density at radius 3 is 2.27 bits per heavy atom. The third-order valence-electron chi connectivity index (χ3n) is 1.89. The summed E-state index contributed by atoms with van der Waals surface area (Å²) >= 11 is 0. The largest absolute Gasteiger partial charge is 0.268 e. The number of rotatable bonds is 2. The summed E-state index contributed by atoms with van der Waals surface area (Å²) in [6.45, 7) is 2.08. The Hall–Kier alpha value is -0.860. The van der Waals surface area contributed by atoms with Crippen molar-refractivity contribution in [3.05, 3.63) is 35.9 Å². The molecule has 2 heteroatoms. The SMILES string of the molecule is C[C@@H](c1ccccc1)N(C)N. The van der Waals surface area contributed by atoms with Gasteiger partial charge in [0, 0.05) is 13.1 Å². The van der Waals surface area contributed by atoms with Gasteiger partial charge in [-0.05, 0) is 12.5 Å². The van der Waals surface area contributed by atoms with Crippen molar-refractivity contribution in [2.45, 2.75) is 13.0 Å². The zero-order valence-electron chi connectivity index (χ0n) is 6.99. The molecule has 0 saturated carbocycles. The van der Waals surface area contributed by atoms with E-state index in [4.69, 9.17) is 5.84 Å². The predicted octanol–water partition coefficient (Wildman–Crippen LogP) is 1.55. The molecule has 0 radical (unpaired) electrons. The monoisotopic (exact) mass is 150 g/mol. The van der Waals surface area contributed by atoms with Crippen LogP contribution in [0.4, 0.5) is 0 Å². The molecular weight excluding hydrogens is 136 g/mol. The molecule has 0 aliphatic rings. The lowest BCUT2D eigenvalue weighted by molar-refractivity contribution is 0.270. The lowest BCUT2D eigenvalue weighted by atomic mass is 10.1. The Morgan fingerprint density at radius 2 is 1.82 bits per heavy atom. The zero-order valence-corrected chi connectivity index (χ0v) is 6.99. The van der Waals surface area contributed by atoms with E-state index in [1.54, 1.807) is 5.01 Å². The first kappa shape index (κ1) is 8.24. The topological polar surface area (TPSA) is 29.3 Å². The van der Waals surface area contributed by atoms with Gasteiger partial charge < -0.3 is 0 Å². The fourth-order valence-electron chi connectivity index (χ4n) is 0.967. The minimum atomic E-state index is 0.288. The van der Waals surface area contributed by atoms with Crippen molar-refractivity contribution in [3.8, 4) is 0 Å². The highest BCUT2D eigenvalue weighted by Crippen LogP contribution is 2.14. The van der Waals surface area contributed by atoms with Crippen LogP contribution in [0.3, 0.4) is 0 Å². The first-order valence-corrected chi connectivity index (χ1v) is 3.74. The molecule has 0 aliphatic carbocycles. The summed E-state index contributed by atoms with van der Waals surface area (Å²) < 4.78 is 0. The smallest absolute Gasteiger partial charge is 0.0459 e. The molecule has 0 aliphatic heterocycles. The number of hydrazine groups is 1. The van der Waals surface area contributed by atoms with E-state index in [2.05, 4.69) is 19.1 Å². The van der Waals surface area contributed by atoms with Gasteiger partial charge in [-0.2, -0.15) is 0 Å². The molecule has 0 heterocycles. The Balaban J connectivity index is 2.77. The molecule has 0 bridgehead atoms. The molecule has 0 saturated heterocycles.